The van der Waals surface area contributed by atoms with Gasteiger partial charge in [-0.1, -0.05) is 0 Å². The number of aromatic carboxylic acids is 1. The molecule has 0 saturated carbocycles. The Kier molecular flexibility index (Phi) is 6.18. The molecule has 0 aliphatic heterocycles. The van der Waals surface area contributed by atoms with Gasteiger partial charge in [-0.3, -0.25) is 0 Å². The molecule has 0 spiro atoms. The summed E-state index contributed by atoms with van der Waals surface area (Å²) in [5.41, 5.74) is 0.388. The zero-order chi connectivity index (χ0) is 12.7. The Labute approximate surface area is 106 Å². The highest BCUT2D eigenvalue weighted by Gasteiger charge is 2.05. The van der Waals surface area contributed by atoms with E-state index in [4.69, 9.17) is 5.11 Å². The summed E-state index contributed by atoms with van der Waals surface area (Å²) in [6.45, 7) is 2.86. The Morgan fingerprint density at radius 2 is 2.24 bits per heavy atom. The Morgan fingerprint density at radius 3 is 2.82 bits per heavy atom. The molecule has 4 nitrogen and oxygen atoms in total. The maximum atomic E-state index is 10.7. The molecule has 0 radical (unpaired) electrons. The van der Waals surface area contributed by atoms with Crippen LogP contribution in [0.2, 0.25) is 0 Å². The molecule has 5 heteroatoms. The zero-order valence-corrected chi connectivity index (χ0v) is 11.2. The molecule has 1 aromatic rings. The molecule has 0 aliphatic carbocycles. The Hall–Kier alpha value is -0.910. The van der Waals surface area contributed by atoms with Crippen LogP contribution in [0, 0.1) is 0 Å². The third-order valence-corrected chi connectivity index (χ3v) is 3.35. The molecule has 0 aliphatic rings. The SMILES string of the molecule is CN(C)CCCCNCc1cc(C(=O)O)cs1. The van der Waals surface area contributed by atoms with Crippen molar-refractivity contribution in [2.75, 3.05) is 27.2 Å². The molecule has 0 fully saturated rings. The van der Waals surface area contributed by atoms with Crippen LogP contribution in [0.5, 0.6) is 0 Å². The fraction of sp³-hybridized carbons (Fsp3) is 0.583. The maximum Gasteiger partial charge on any atom is 0.336 e. The van der Waals surface area contributed by atoms with Gasteiger partial charge >= 0.3 is 5.97 Å². The van der Waals surface area contributed by atoms with Crippen LogP contribution in [-0.2, 0) is 6.54 Å². The van der Waals surface area contributed by atoms with Gasteiger partial charge in [0, 0.05) is 16.8 Å². The number of nitrogens with one attached hydrogen (secondary N) is 1. The van der Waals surface area contributed by atoms with Gasteiger partial charge in [0.2, 0.25) is 0 Å². The van der Waals surface area contributed by atoms with Crippen LogP contribution in [0.25, 0.3) is 0 Å². The lowest BCUT2D eigenvalue weighted by molar-refractivity contribution is 0.0697. The van der Waals surface area contributed by atoms with Gasteiger partial charge in [0.05, 0.1) is 5.56 Å². The van der Waals surface area contributed by atoms with E-state index in [-0.39, 0.29) is 0 Å². The van der Waals surface area contributed by atoms with Crippen molar-refractivity contribution >= 4 is 17.3 Å². The summed E-state index contributed by atoms with van der Waals surface area (Å²) in [4.78, 5) is 13.9. The maximum absolute atomic E-state index is 10.7. The Bertz CT molecular complexity index is 350. The van der Waals surface area contributed by atoms with E-state index in [0.29, 0.717) is 5.56 Å². The summed E-state index contributed by atoms with van der Waals surface area (Å²) in [7, 11) is 4.15. The fourth-order valence-corrected chi connectivity index (χ4v) is 2.30. The number of carboxylic acids is 1. The fourth-order valence-electron chi connectivity index (χ4n) is 1.48. The second-order valence-corrected chi connectivity index (χ2v) is 5.29. The highest BCUT2D eigenvalue weighted by atomic mass is 32.1. The highest BCUT2D eigenvalue weighted by molar-refractivity contribution is 7.10. The number of unbranched alkanes of at least 4 members (excludes halogenated alkanes) is 1. The summed E-state index contributed by atoms with van der Waals surface area (Å²) in [6, 6.07) is 1.74. The van der Waals surface area contributed by atoms with E-state index >= 15 is 0 Å². The number of carbonyl (C=O) groups is 1. The largest absolute Gasteiger partial charge is 0.478 e. The molecule has 0 aromatic carbocycles. The number of carboxylic acid groups (broad SMARTS) is 1. The van der Waals surface area contributed by atoms with E-state index in [1.807, 2.05) is 0 Å². The third kappa shape index (κ3) is 5.81. The van der Waals surface area contributed by atoms with Gasteiger partial charge in [0.25, 0.3) is 0 Å². The number of hydrogen-bond donors (Lipinski definition) is 2. The van der Waals surface area contributed by atoms with E-state index in [0.717, 1.165) is 30.9 Å². The molecular weight excluding hydrogens is 236 g/mol. The lowest BCUT2D eigenvalue weighted by atomic mass is 10.3. The topological polar surface area (TPSA) is 52.6 Å². The number of rotatable bonds is 8. The minimum Gasteiger partial charge on any atom is -0.478 e. The molecule has 96 valence electrons. The van der Waals surface area contributed by atoms with Crippen LogP contribution in [0.4, 0.5) is 0 Å². The van der Waals surface area contributed by atoms with Crippen LogP contribution in [0.1, 0.15) is 28.1 Å². The van der Waals surface area contributed by atoms with Gasteiger partial charge in [-0.25, -0.2) is 4.79 Å². The standard InChI is InChI=1S/C12H20N2O2S/c1-14(2)6-4-3-5-13-8-11-7-10(9-17-11)12(15)16/h7,9,13H,3-6,8H2,1-2H3,(H,15,16). The van der Waals surface area contributed by atoms with Crippen LogP contribution in [-0.4, -0.2) is 43.2 Å². The van der Waals surface area contributed by atoms with Crippen molar-refractivity contribution < 1.29 is 9.90 Å². The first-order valence-electron chi connectivity index (χ1n) is 5.75. The lowest BCUT2D eigenvalue weighted by Crippen LogP contribution is -2.17. The van der Waals surface area contributed by atoms with Crippen molar-refractivity contribution in [1.82, 2.24) is 10.2 Å². The minimum absolute atomic E-state index is 0.388. The molecule has 1 aromatic heterocycles. The second kappa shape index (κ2) is 7.42. The minimum atomic E-state index is -0.849. The molecule has 0 amide bonds. The van der Waals surface area contributed by atoms with Crippen molar-refractivity contribution in [3.8, 4) is 0 Å². The van der Waals surface area contributed by atoms with Gasteiger partial charge in [-0.15, -0.1) is 11.3 Å². The monoisotopic (exact) mass is 256 g/mol. The van der Waals surface area contributed by atoms with Gasteiger partial charge in [0.15, 0.2) is 0 Å². The molecule has 17 heavy (non-hydrogen) atoms. The number of nitrogens with zero attached hydrogens (tertiary/aromatic N) is 1. The highest BCUT2D eigenvalue weighted by Crippen LogP contribution is 2.14. The van der Waals surface area contributed by atoms with Crippen LogP contribution >= 0.6 is 11.3 Å². The van der Waals surface area contributed by atoms with E-state index in [2.05, 4.69) is 24.3 Å². The van der Waals surface area contributed by atoms with Crippen molar-refractivity contribution in [3.63, 3.8) is 0 Å². The summed E-state index contributed by atoms with van der Waals surface area (Å²) < 4.78 is 0. The van der Waals surface area contributed by atoms with E-state index < -0.39 is 5.97 Å². The van der Waals surface area contributed by atoms with Gasteiger partial charge in [-0.05, 0) is 46.1 Å². The van der Waals surface area contributed by atoms with Crippen LogP contribution in [0.3, 0.4) is 0 Å². The first-order valence-corrected chi connectivity index (χ1v) is 6.63. The van der Waals surface area contributed by atoms with E-state index in [1.54, 1.807) is 11.4 Å². The van der Waals surface area contributed by atoms with Crippen LogP contribution < -0.4 is 5.32 Å². The van der Waals surface area contributed by atoms with Gasteiger partial charge in [0.1, 0.15) is 0 Å². The van der Waals surface area contributed by atoms with Crippen molar-refractivity contribution in [3.05, 3.63) is 21.9 Å². The third-order valence-electron chi connectivity index (χ3n) is 2.41. The predicted molar refractivity (Wildman–Crippen MR) is 70.8 cm³/mol. The molecule has 2 N–H and O–H groups in total. The summed E-state index contributed by atoms with van der Waals surface area (Å²) in [5.74, 6) is -0.849. The Balaban J connectivity index is 2.11. The molecule has 1 heterocycles. The normalized spacial score (nSPS) is 11.0. The molecule has 0 atom stereocenters. The molecule has 0 saturated heterocycles. The molecule has 0 bridgehead atoms. The number of hydrogen-bond acceptors (Lipinski definition) is 4. The lowest BCUT2D eigenvalue weighted by Gasteiger charge is -2.08. The molecule has 0 unspecified atom stereocenters. The average molecular weight is 256 g/mol. The number of thiophene rings is 1. The van der Waals surface area contributed by atoms with Crippen LogP contribution in [0.15, 0.2) is 11.4 Å². The predicted octanol–water partition coefficient (Wildman–Crippen LogP) is 1.88. The van der Waals surface area contributed by atoms with Crippen molar-refractivity contribution in [1.29, 1.82) is 0 Å². The van der Waals surface area contributed by atoms with Gasteiger partial charge < -0.3 is 15.3 Å². The summed E-state index contributed by atoms with van der Waals surface area (Å²) in [5, 5.41) is 13.8. The van der Waals surface area contributed by atoms with E-state index in [1.165, 1.54) is 17.8 Å². The van der Waals surface area contributed by atoms with Crippen molar-refractivity contribution in [2.45, 2.75) is 19.4 Å². The average Bonchev–Trinajstić information content (AvgIpc) is 2.71. The smallest absolute Gasteiger partial charge is 0.336 e. The second-order valence-electron chi connectivity index (χ2n) is 4.29. The summed E-state index contributed by atoms with van der Waals surface area (Å²) in [6.07, 6.45) is 2.33. The van der Waals surface area contributed by atoms with Gasteiger partial charge in [-0.2, -0.15) is 0 Å². The summed E-state index contributed by atoms with van der Waals surface area (Å²) >= 11 is 1.49. The zero-order valence-electron chi connectivity index (χ0n) is 10.4. The quantitative estimate of drug-likeness (QED) is 0.697. The van der Waals surface area contributed by atoms with E-state index in [9.17, 15) is 4.79 Å². The first-order chi connectivity index (χ1) is 8.09. The Morgan fingerprint density at radius 1 is 1.47 bits per heavy atom. The van der Waals surface area contributed by atoms with Crippen molar-refractivity contribution in [2.24, 2.45) is 0 Å². The molecule has 1 rings (SSSR count). The first kappa shape index (κ1) is 14.2. The molecular formula is C12H20N2O2S.